The predicted molar refractivity (Wildman–Crippen MR) is 114 cm³/mol. The summed E-state index contributed by atoms with van der Waals surface area (Å²) in [5, 5.41) is 0. The minimum atomic E-state index is -3.50. The second kappa shape index (κ2) is 8.97. The van der Waals surface area contributed by atoms with E-state index in [1.54, 1.807) is 23.1 Å². The lowest BCUT2D eigenvalue weighted by Crippen LogP contribution is -2.31. The summed E-state index contributed by atoms with van der Waals surface area (Å²) in [5.41, 5.74) is 2.63. The third-order valence-electron chi connectivity index (χ3n) is 5.18. The quantitative estimate of drug-likeness (QED) is 0.663. The van der Waals surface area contributed by atoms with E-state index in [0.29, 0.717) is 44.0 Å². The van der Waals surface area contributed by atoms with Gasteiger partial charge >= 0.3 is 0 Å². The second-order valence-corrected chi connectivity index (χ2v) is 8.87. The summed E-state index contributed by atoms with van der Waals surface area (Å²) in [6.07, 6.45) is 0.956. The van der Waals surface area contributed by atoms with Crippen LogP contribution in [0.25, 0.3) is 0 Å². The van der Waals surface area contributed by atoms with Crippen molar-refractivity contribution in [3.8, 4) is 5.75 Å². The van der Waals surface area contributed by atoms with Gasteiger partial charge in [0.25, 0.3) is 0 Å². The summed E-state index contributed by atoms with van der Waals surface area (Å²) in [6, 6.07) is 12.6. The normalized spacial score (nSPS) is 13.6. The Morgan fingerprint density at radius 2 is 1.76 bits per heavy atom. The fourth-order valence-corrected chi connectivity index (χ4v) is 5.16. The molecule has 0 aromatic heterocycles. The maximum atomic E-state index is 12.8. The number of rotatable bonds is 8. The number of carbonyl (C=O) groups is 1. The van der Waals surface area contributed by atoms with Gasteiger partial charge in [0.1, 0.15) is 5.75 Å². The minimum Gasteiger partial charge on any atom is -0.494 e. The molecule has 156 valence electrons. The van der Waals surface area contributed by atoms with Crippen LogP contribution in [0.2, 0.25) is 0 Å². The van der Waals surface area contributed by atoms with Gasteiger partial charge in [-0.25, -0.2) is 8.42 Å². The summed E-state index contributed by atoms with van der Waals surface area (Å²) >= 11 is 0. The summed E-state index contributed by atoms with van der Waals surface area (Å²) < 4.78 is 32.4. The number of sulfonamides is 1. The van der Waals surface area contributed by atoms with Gasteiger partial charge in [-0.15, -0.1) is 0 Å². The van der Waals surface area contributed by atoms with E-state index in [9.17, 15) is 13.2 Å². The van der Waals surface area contributed by atoms with E-state index in [-0.39, 0.29) is 5.91 Å². The van der Waals surface area contributed by atoms with Crippen LogP contribution >= 0.6 is 0 Å². The Hall–Kier alpha value is -2.38. The number of benzene rings is 2. The van der Waals surface area contributed by atoms with E-state index in [1.807, 2.05) is 45.0 Å². The zero-order valence-electron chi connectivity index (χ0n) is 17.2. The van der Waals surface area contributed by atoms with E-state index < -0.39 is 10.0 Å². The smallest absolute Gasteiger partial charge is 0.243 e. The lowest BCUT2D eigenvalue weighted by Gasteiger charge is -2.20. The molecule has 0 aliphatic carbocycles. The molecule has 0 saturated heterocycles. The van der Waals surface area contributed by atoms with Crippen molar-refractivity contribution in [2.75, 3.05) is 31.1 Å². The van der Waals surface area contributed by atoms with Gasteiger partial charge in [0, 0.05) is 25.3 Å². The van der Waals surface area contributed by atoms with Crippen molar-refractivity contribution in [1.82, 2.24) is 4.31 Å². The number of fused-ring (bicyclic) bond motifs is 1. The Bertz CT molecular complexity index is 967. The molecule has 2 aromatic rings. The molecule has 6 nitrogen and oxygen atoms in total. The van der Waals surface area contributed by atoms with Crippen molar-refractivity contribution >= 4 is 21.6 Å². The molecule has 0 atom stereocenters. The molecule has 0 saturated carbocycles. The van der Waals surface area contributed by atoms with E-state index >= 15 is 0 Å². The van der Waals surface area contributed by atoms with Crippen LogP contribution in [-0.2, 0) is 27.7 Å². The Morgan fingerprint density at radius 3 is 2.38 bits per heavy atom. The first-order chi connectivity index (χ1) is 13.9. The van der Waals surface area contributed by atoms with Crippen LogP contribution in [-0.4, -0.2) is 44.9 Å². The lowest BCUT2D eigenvalue weighted by atomic mass is 10.1. The Morgan fingerprint density at radius 1 is 1.07 bits per heavy atom. The average Bonchev–Trinajstić information content (AvgIpc) is 3.14. The largest absolute Gasteiger partial charge is 0.494 e. The van der Waals surface area contributed by atoms with Crippen LogP contribution in [0.1, 0.15) is 31.9 Å². The topological polar surface area (TPSA) is 66.9 Å². The Labute approximate surface area is 173 Å². The maximum absolute atomic E-state index is 12.8. The van der Waals surface area contributed by atoms with Crippen LogP contribution in [0.3, 0.4) is 0 Å². The van der Waals surface area contributed by atoms with Crippen LogP contribution in [0.15, 0.2) is 47.4 Å². The van der Waals surface area contributed by atoms with Crippen LogP contribution in [0, 0.1) is 0 Å². The highest BCUT2D eigenvalue weighted by molar-refractivity contribution is 7.89. The standard InChI is InChI=1S/C22H28N2O4S/c1-4-23(5-2)29(26,27)20-11-12-21-18(16-20)13-14-24(21)22(25)15-17-7-9-19(10-8-17)28-6-3/h7-12,16H,4-6,13-15H2,1-3H3. The van der Waals surface area contributed by atoms with Gasteiger partial charge in [-0.2, -0.15) is 4.31 Å². The average molecular weight is 417 g/mol. The highest BCUT2D eigenvalue weighted by Crippen LogP contribution is 2.31. The molecule has 0 bridgehead atoms. The lowest BCUT2D eigenvalue weighted by molar-refractivity contribution is -0.117. The summed E-state index contributed by atoms with van der Waals surface area (Å²) in [7, 11) is -3.50. The van der Waals surface area contributed by atoms with Crippen molar-refractivity contribution in [2.45, 2.75) is 38.5 Å². The molecular weight excluding hydrogens is 388 g/mol. The molecule has 1 amide bonds. The van der Waals surface area contributed by atoms with Crippen molar-refractivity contribution in [3.63, 3.8) is 0 Å². The SMILES string of the molecule is CCOc1ccc(CC(=O)N2CCc3cc(S(=O)(=O)N(CC)CC)ccc32)cc1. The highest BCUT2D eigenvalue weighted by atomic mass is 32.2. The van der Waals surface area contributed by atoms with Crippen molar-refractivity contribution < 1.29 is 17.9 Å². The molecule has 2 aromatic carbocycles. The minimum absolute atomic E-state index is 0.00672. The van der Waals surface area contributed by atoms with Gasteiger partial charge in [-0.1, -0.05) is 26.0 Å². The zero-order chi connectivity index (χ0) is 21.0. The predicted octanol–water partition coefficient (Wildman–Crippen LogP) is 3.25. The molecule has 7 heteroatoms. The summed E-state index contributed by atoms with van der Waals surface area (Å²) in [4.78, 5) is 14.9. The monoisotopic (exact) mass is 416 g/mol. The first-order valence-electron chi connectivity index (χ1n) is 10.1. The van der Waals surface area contributed by atoms with Crippen molar-refractivity contribution in [2.24, 2.45) is 0 Å². The van der Waals surface area contributed by atoms with Crippen molar-refractivity contribution in [3.05, 3.63) is 53.6 Å². The fourth-order valence-electron chi connectivity index (χ4n) is 3.65. The third-order valence-corrected chi connectivity index (χ3v) is 7.23. The molecule has 3 rings (SSSR count). The summed E-state index contributed by atoms with van der Waals surface area (Å²) in [6.45, 7) is 7.63. The van der Waals surface area contributed by atoms with Gasteiger partial charge in [0.2, 0.25) is 15.9 Å². The first-order valence-corrected chi connectivity index (χ1v) is 11.5. The molecule has 1 aliphatic heterocycles. The second-order valence-electron chi connectivity index (χ2n) is 6.93. The summed E-state index contributed by atoms with van der Waals surface area (Å²) in [5.74, 6) is 0.796. The zero-order valence-corrected chi connectivity index (χ0v) is 18.0. The number of hydrogen-bond acceptors (Lipinski definition) is 4. The van der Waals surface area contributed by atoms with Gasteiger partial charge in [0.15, 0.2) is 0 Å². The van der Waals surface area contributed by atoms with Gasteiger partial charge < -0.3 is 9.64 Å². The molecular formula is C22H28N2O4S. The van der Waals surface area contributed by atoms with Gasteiger partial charge in [-0.3, -0.25) is 4.79 Å². The van der Waals surface area contributed by atoms with E-state index in [0.717, 1.165) is 22.6 Å². The first kappa shape index (κ1) is 21.3. The van der Waals surface area contributed by atoms with E-state index in [1.165, 1.54) is 4.31 Å². The molecule has 0 unspecified atom stereocenters. The van der Waals surface area contributed by atoms with E-state index in [2.05, 4.69) is 0 Å². The van der Waals surface area contributed by atoms with Crippen LogP contribution in [0.4, 0.5) is 5.69 Å². The molecule has 0 spiro atoms. The van der Waals surface area contributed by atoms with Crippen molar-refractivity contribution in [1.29, 1.82) is 0 Å². The van der Waals surface area contributed by atoms with Gasteiger partial charge in [-0.05, 0) is 54.8 Å². The number of amides is 1. The van der Waals surface area contributed by atoms with E-state index in [4.69, 9.17) is 4.74 Å². The Balaban J connectivity index is 1.76. The number of carbonyl (C=O) groups excluding carboxylic acids is 1. The molecule has 1 aliphatic rings. The fraction of sp³-hybridized carbons (Fsp3) is 0.409. The van der Waals surface area contributed by atoms with Crippen LogP contribution in [0.5, 0.6) is 5.75 Å². The highest BCUT2D eigenvalue weighted by Gasteiger charge is 2.28. The number of ether oxygens (including phenoxy) is 1. The molecule has 0 N–H and O–H groups in total. The number of anilines is 1. The molecule has 1 heterocycles. The molecule has 0 radical (unpaired) electrons. The third kappa shape index (κ3) is 4.46. The number of hydrogen-bond donors (Lipinski definition) is 0. The van der Waals surface area contributed by atoms with Crippen LogP contribution < -0.4 is 9.64 Å². The molecule has 29 heavy (non-hydrogen) atoms. The maximum Gasteiger partial charge on any atom is 0.243 e. The molecule has 0 fully saturated rings. The number of nitrogens with zero attached hydrogens (tertiary/aromatic N) is 2. The Kier molecular flexibility index (Phi) is 6.59. The van der Waals surface area contributed by atoms with Gasteiger partial charge in [0.05, 0.1) is 17.9 Å².